The fourth-order valence-electron chi connectivity index (χ4n) is 6.19. The van der Waals surface area contributed by atoms with Crippen LogP contribution in [0.4, 0.5) is 0 Å². The first-order valence-corrected chi connectivity index (χ1v) is 12.2. The number of pyridine rings is 1. The van der Waals surface area contributed by atoms with Crippen LogP contribution in [-0.2, 0) is 5.41 Å². The third kappa shape index (κ3) is 2.79. The summed E-state index contributed by atoms with van der Waals surface area (Å²) in [6.45, 7) is 4.69. The summed E-state index contributed by atoms with van der Waals surface area (Å²) in [5, 5.41) is 4.97. The average molecular weight is 448 g/mol. The molecule has 0 fully saturated rings. The average Bonchev–Trinajstić information content (AvgIpc) is 3.15. The second-order valence-electron chi connectivity index (χ2n) is 9.98. The van der Waals surface area contributed by atoms with Crippen molar-refractivity contribution in [1.82, 2.24) is 4.98 Å². The molecule has 0 N–H and O–H groups in total. The Morgan fingerprint density at radius 1 is 0.486 bits per heavy atom. The molecule has 35 heavy (non-hydrogen) atoms. The molecule has 5 aromatic carbocycles. The van der Waals surface area contributed by atoms with Crippen molar-refractivity contribution in [3.8, 4) is 33.4 Å². The number of fused-ring (bicyclic) bond motifs is 5. The summed E-state index contributed by atoms with van der Waals surface area (Å²) in [4.78, 5) is 4.61. The smallest absolute Gasteiger partial charge is 0.0353 e. The van der Waals surface area contributed by atoms with Gasteiger partial charge in [-0.1, -0.05) is 111 Å². The van der Waals surface area contributed by atoms with E-state index in [0.717, 1.165) is 0 Å². The molecule has 1 aromatic heterocycles. The first-order chi connectivity index (χ1) is 17.2. The molecule has 1 nitrogen and oxygen atoms in total. The molecular weight excluding hydrogens is 422 g/mol. The monoisotopic (exact) mass is 447 g/mol. The molecule has 0 amide bonds. The van der Waals surface area contributed by atoms with Crippen LogP contribution in [0.3, 0.4) is 0 Å². The van der Waals surface area contributed by atoms with Gasteiger partial charge in [0.25, 0.3) is 0 Å². The minimum atomic E-state index is -0.0320. The molecule has 1 heterocycles. The Kier molecular flexibility index (Phi) is 4.25. The Hall–Kier alpha value is -4.23. The van der Waals surface area contributed by atoms with Crippen molar-refractivity contribution in [1.29, 1.82) is 0 Å². The quantitative estimate of drug-likeness (QED) is 0.241. The molecule has 166 valence electrons. The summed E-state index contributed by atoms with van der Waals surface area (Å²) in [5.41, 5.74) is 10.5. The minimum Gasteiger partial charge on any atom is -0.264 e. The maximum atomic E-state index is 4.61. The highest BCUT2D eigenvalue weighted by atomic mass is 14.6. The molecule has 0 radical (unpaired) electrons. The Bertz CT molecular complexity index is 1700. The first kappa shape index (κ1) is 20.2. The van der Waals surface area contributed by atoms with Gasteiger partial charge in [0.2, 0.25) is 0 Å². The summed E-state index contributed by atoms with van der Waals surface area (Å²) in [7, 11) is 0. The van der Waals surface area contributed by atoms with Gasteiger partial charge in [-0.2, -0.15) is 0 Å². The number of hydrogen-bond donors (Lipinski definition) is 0. The molecule has 6 aromatic rings. The van der Waals surface area contributed by atoms with Gasteiger partial charge >= 0.3 is 0 Å². The van der Waals surface area contributed by atoms with Gasteiger partial charge < -0.3 is 0 Å². The number of benzene rings is 5. The molecule has 1 heteroatoms. The predicted molar refractivity (Wildman–Crippen MR) is 148 cm³/mol. The van der Waals surface area contributed by atoms with E-state index in [4.69, 9.17) is 0 Å². The zero-order chi connectivity index (χ0) is 23.6. The Morgan fingerprint density at radius 2 is 1.11 bits per heavy atom. The molecule has 0 atom stereocenters. The number of aromatic nitrogens is 1. The van der Waals surface area contributed by atoms with E-state index in [9.17, 15) is 0 Å². The lowest BCUT2D eigenvalue weighted by atomic mass is 9.81. The number of rotatable bonds is 2. The van der Waals surface area contributed by atoms with Crippen LogP contribution in [0.2, 0.25) is 0 Å². The summed E-state index contributed by atoms with van der Waals surface area (Å²) in [6, 6.07) is 37.5. The molecule has 0 saturated heterocycles. The van der Waals surface area contributed by atoms with Crippen LogP contribution in [0.25, 0.3) is 54.9 Å². The van der Waals surface area contributed by atoms with Crippen molar-refractivity contribution in [2.24, 2.45) is 0 Å². The van der Waals surface area contributed by atoms with Crippen molar-refractivity contribution < 1.29 is 0 Å². The highest BCUT2D eigenvalue weighted by Gasteiger charge is 2.37. The van der Waals surface area contributed by atoms with Crippen LogP contribution in [0.1, 0.15) is 25.0 Å². The van der Waals surface area contributed by atoms with E-state index in [1.54, 1.807) is 0 Å². The van der Waals surface area contributed by atoms with Gasteiger partial charge in [-0.15, -0.1) is 0 Å². The zero-order valence-corrected chi connectivity index (χ0v) is 19.9. The largest absolute Gasteiger partial charge is 0.264 e. The maximum absolute atomic E-state index is 4.61. The van der Waals surface area contributed by atoms with Crippen molar-refractivity contribution in [3.05, 3.63) is 127 Å². The topological polar surface area (TPSA) is 12.9 Å². The molecule has 7 rings (SSSR count). The van der Waals surface area contributed by atoms with Crippen molar-refractivity contribution >= 4 is 21.5 Å². The molecule has 0 saturated carbocycles. The number of nitrogens with zero attached hydrogens (tertiary/aromatic N) is 1. The van der Waals surface area contributed by atoms with E-state index in [1.807, 2.05) is 6.20 Å². The van der Waals surface area contributed by atoms with Crippen LogP contribution in [-0.4, -0.2) is 4.98 Å². The second-order valence-corrected chi connectivity index (χ2v) is 9.98. The molecule has 0 aliphatic heterocycles. The van der Waals surface area contributed by atoms with Gasteiger partial charge in [0.1, 0.15) is 0 Å². The molecule has 1 aliphatic rings. The van der Waals surface area contributed by atoms with E-state index in [1.165, 1.54) is 66.1 Å². The zero-order valence-electron chi connectivity index (χ0n) is 19.9. The predicted octanol–water partition coefficient (Wildman–Crippen LogP) is 9.03. The SMILES string of the molecule is CC1(C)c2ccccc2-c2c(-c3c4ccccc4c(-c4ccccc4)c4ccncc34)cccc21. The molecule has 1 aliphatic carbocycles. The minimum absolute atomic E-state index is 0.0320. The van der Waals surface area contributed by atoms with Crippen LogP contribution in [0, 0.1) is 0 Å². The molecule has 0 spiro atoms. The highest BCUT2D eigenvalue weighted by Crippen LogP contribution is 2.54. The van der Waals surface area contributed by atoms with Crippen molar-refractivity contribution in [3.63, 3.8) is 0 Å². The summed E-state index contributed by atoms with van der Waals surface area (Å²) < 4.78 is 0. The summed E-state index contributed by atoms with van der Waals surface area (Å²) in [6.07, 6.45) is 3.97. The van der Waals surface area contributed by atoms with Gasteiger partial charge in [-0.3, -0.25) is 4.98 Å². The van der Waals surface area contributed by atoms with Crippen molar-refractivity contribution in [2.45, 2.75) is 19.3 Å². The second kappa shape index (κ2) is 7.38. The van der Waals surface area contributed by atoms with Gasteiger partial charge in [-0.05, 0) is 66.7 Å². The Balaban J connectivity index is 1.67. The first-order valence-electron chi connectivity index (χ1n) is 12.2. The van der Waals surface area contributed by atoms with Crippen LogP contribution in [0.5, 0.6) is 0 Å². The lowest BCUT2D eigenvalue weighted by molar-refractivity contribution is 0.660. The van der Waals surface area contributed by atoms with Gasteiger partial charge in [0.05, 0.1) is 0 Å². The molecular formula is C34H25N. The fourth-order valence-corrected chi connectivity index (χ4v) is 6.19. The lowest BCUT2D eigenvalue weighted by Gasteiger charge is -2.22. The Morgan fingerprint density at radius 3 is 1.94 bits per heavy atom. The maximum Gasteiger partial charge on any atom is 0.0353 e. The van der Waals surface area contributed by atoms with E-state index in [-0.39, 0.29) is 5.41 Å². The van der Waals surface area contributed by atoms with E-state index >= 15 is 0 Å². The molecule has 0 bridgehead atoms. The highest BCUT2D eigenvalue weighted by molar-refractivity contribution is 6.22. The fraction of sp³-hybridized carbons (Fsp3) is 0.0882. The number of hydrogen-bond acceptors (Lipinski definition) is 1. The standard InChI is InChI=1S/C34H25N/c1-34(2)29-17-9-8-15-26(29)33-27(16-10-18-30(33)34)32-24-14-7-6-13-23(24)31(22-11-4-3-5-12-22)25-19-20-35-21-28(25)32/h3-21H,1-2H3. The third-order valence-electron chi connectivity index (χ3n) is 7.76. The van der Waals surface area contributed by atoms with Gasteiger partial charge in [0, 0.05) is 23.2 Å². The summed E-state index contributed by atoms with van der Waals surface area (Å²) >= 11 is 0. The van der Waals surface area contributed by atoms with E-state index in [2.05, 4.69) is 128 Å². The van der Waals surface area contributed by atoms with Gasteiger partial charge in [0.15, 0.2) is 0 Å². The van der Waals surface area contributed by atoms with Crippen molar-refractivity contribution in [2.75, 3.05) is 0 Å². The van der Waals surface area contributed by atoms with Crippen LogP contribution in [0.15, 0.2) is 116 Å². The lowest BCUT2D eigenvalue weighted by Crippen LogP contribution is -2.14. The van der Waals surface area contributed by atoms with Crippen LogP contribution >= 0.6 is 0 Å². The van der Waals surface area contributed by atoms with E-state index < -0.39 is 0 Å². The van der Waals surface area contributed by atoms with E-state index in [0.29, 0.717) is 0 Å². The summed E-state index contributed by atoms with van der Waals surface area (Å²) in [5.74, 6) is 0. The molecule has 0 unspecified atom stereocenters. The third-order valence-corrected chi connectivity index (χ3v) is 7.76. The van der Waals surface area contributed by atoms with Gasteiger partial charge in [-0.25, -0.2) is 0 Å². The Labute approximate surface area is 205 Å². The normalized spacial score (nSPS) is 13.7. The van der Waals surface area contributed by atoms with Crippen LogP contribution < -0.4 is 0 Å².